The van der Waals surface area contributed by atoms with Gasteiger partial charge >= 0.3 is 5.97 Å². The van der Waals surface area contributed by atoms with E-state index in [1.54, 1.807) is 13.8 Å². The van der Waals surface area contributed by atoms with E-state index in [0.717, 1.165) is 0 Å². The molecule has 1 saturated heterocycles. The average Bonchev–Trinajstić information content (AvgIpc) is 2.74. The zero-order valence-corrected chi connectivity index (χ0v) is 12.4. The van der Waals surface area contributed by atoms with Crippen molar-refractivity contribution in [2.45, 2.75) is 27.3 Å². The van der Waals surface area contributed by atoms with Crippen LogP contribution in [-0.2, 0) is 11.3 Å². The molecule has 2 heterocycles. The molecule has 1 aromatic rings. The van der Waals surface area contributed by atoms with E-state index >= 15 is 0 Å². The number of aryl methyl sites for hydroxylation is 1. The van der Waals surface area contributed by atoms with Gasteiger partial charge in [0.2, 0.25) is 0 Å². The molecule has 0 spiro atoms. The molecule has 0 unspecified atom stereocenters. The number of hydrogen-bond donors (Lipinski definition) is 1. The van der Waals surface area contributed by atoms with Gasteiger partial charge in [-0.2, -0.15) is 0 Å². The van der Waals surface area contributed by atoms with Gasteiger partial charge < -0.3 is 5.11 Å². The second-order valence-electron chi connectivity index (χ2n) is 5.73. The molecule has 2 atom stereocenters. The van der Waals surface area contributed by atoms with Gasteiger partial charge in [0, 0.05) is 37.0 Å². The summed E-state index contributed by atoms with van der Waals surface area (Å²) in [6.07, 6.45) is 1.51. The molecule has 0 saturated carbocycles. The fraction of sp³-hybridized carbons (Fsp3) is 0.571. The molecule has 1 aliphatic heterocycles. The molecule has 0 amide bonds. The molecular weight excluding hydrogens is 274 g/mol. The second kappa shape index (κ2) is 5.77. The van der Waals surface area contributed by atoms with Crippen molar-refractivity contribution in [3.05, 3.63) is 33.1 Å². The highest BCUT2D eigenvalue weighted by Crippen LogP contribution is 2.28. The van der Waals surface area contributed by atoms with Gasteiger partial charge in [-0.1, -0.05) is 6.92 Å². The fourth-order valence-corrected chi connectivity index (χ4v) is 2.94. The lowest BCUT2D eigenvalue weighted by Gasteiger charge is -2.16. The Morgan fingerprint density at radius 1 is 1.52 bits per heavy atom. The van der Waals surface area contributed by atoms with Crippen molar-refractivity contribution in [3.63, 3.8) is 0 Å². The Hall–Kier alpha value is -2.02. The predicted molar refractivity (Wildman–Crippen MR) is 75.9 cm³/mol. The minimum absolute atomic E-state index is 0.0724. The van der Waals surface area contributed by atoms with Gasteiger partial charge in [0.1, 0.15) is 0 Å². The minimum atomic E-state index is -0.787. The van der Waals surface area contributed by atoms with Crippen molar-refractivity contribution in [2.24, 2.45) is 11.8 Å². The van der Waals surface area contributed by atoms with Crippen molar-refractivity contribution < 1.29 is 14.8 Å². The summed E-state index contributed by atoms with van der Waals surface area (Å²) in [6, 6.07) is 0. The van der Waals surface area contributed by atoms with E-state index in [2.05, 4.69) is 4.98 Å². The van der Waals surface area contributed by atoms with Crippen molar-refractivity contribution in [2.75, 3.05) is 13.1 Å². The Morgan fingerprint density at radius 2 is 2.19 bits per heavy atom. The number of carboxylic acid groups (broad SMARTS) is 1. The van der Waals surface area contributed by atoms with Crippen LogP contribution < -0.4 is 0 Å². The van der Waals surface area contributed by atoms with Gasteiger partial charge in [-0.25, -0.2) is 0 Å². The Morgan fingerprint density at radius 3 is 2.71 bits per heavy atom. The Bertz CT molecular complexity index is 588. The SMILES string of the molecule is Cc1cnc(CN2C[C@@H](C)[C@H](C(=O)O)C2)c(C)c1[N+](=O)[O-]. The molecule has 7 nitrogen and oxygen atoms in total. The maximum absolute atomic E-state index is 11.1. The Balaban J connectivity index is 2.20. The van der Waals surface area contributed by atoms with E-state index in [0.29, 0.717) is 36.5 Å². The van der Waals surface area contributed by atoms with Gasteiger partial charge in [0.15, 0.2) is 0 Å². The van der Waals surface area contributed by atoms with E-state index < -0.39 is 5.97 Å². The molecule has 7 heteroatoms. The lowest BCUT2D eigenvalue weighted by molar-refractivity contribution is -0.386. The first-order valence-electron chi connectivity index (χ1n) is 6.86. The van der Waals surface area contributed by atoms with Crippen LogP contribution in [0.4, 0.5) is 5.69 Å². The standard InChI is InChI=1S/C14H19N3O4/c1-8-4-15-12(10(3)13(8)17(20)21)7-16-5-9(2)11(6-16)14(18)19/h4,9,11H,5-7H2,1-3H3,(H,18,19)/t9-,11-/m1/s1. The summed E-state index contributed by atoms with van der Waals surface area (Å²) < 4.78 is 0. The van der Waals surface area contributed by atoms with Crippen LogP contribution in [-0.4, -0.2) is 39.0 Å². The normalized spacial score (nSPS) is 22.4. The monoisotopic (exact) mass is 293 g/mol. The number of carboxylic acids is 1. The molecule has 21 heavy (non-hydrogen) atoms. The molecule has 1 N–H and O–H groups in total. The lowest BCUT2D eigenvalue weighted by Crippen LogP contribution is -2.24. The molecule has 0 radical (unpaired) electrons. The zero-order chi connectivity index (χ0) is 15.7. The van der Waals surface area contributed by atoms with Crippen LogP contribution in [0.3, 0.4) is 0 Å². The lowest BCUT2D eigenvalue weighted by atomic mass is 9.99. The van der Waals surface area contributed by atoms with Crippen LogP contribution in [0.25, 0.3) is 0 Å². The van der Waals surface area contributed by atoms with Crippen molar-refractivity contribution in [1.29, 1.82) is 0 Å². The van der Waals surface area contributed by atoms with E-state index in [1.807, 2.05) is 11.8 Å². The first-order chi connectivity index (χ1) is 9.81. The predicted octanol–water partition coefficient (Wildman–Crippen LogP) is 1.76. The summed E-state index contributed by atoms with van der Waals surface area (Å²) in [5.41, 5.74) is 1.85. The molecule has 2 rings (SSSR count). The third-order valence-corrected chi connectivity index (χ3v) is 4.14. The van der Waals surface area contributed by atoms with Gasteiger partial charge in [0.25, 0.3) is 5.69 Å². The van der Waals surface area contributed by atoms with Crippen LogP contribution in [0.15, 0.2) is 6.20 Å². The number of rotatable bonds is 4. The number of carbonyl (C=O) groups is 1. The Labute approximate surface area is 122 Å². The van der Waals surface area contributed by atoms with Gasteiger partial charge in [-0.15, -0.1) is 0 Å². The zero-order valence-electron chi connectivity index (χ0n) is 12.4. The highest BCUT2D eigenvalue weighted by Gasteiger charge is 2.35. The number of aliphatic carboxylic acids is 1. The minimum Gasteiger partial charge on any atom is -0.481 e. The van der Waals surface area contributed by atoms with Crippen molar-refractivity contribution >= 4 is 11.7 Å². The number of likely N-dealkylation sites (tertiary alicyclic amines) is 1. The number of nitro groups is 1. The van der Waals surface area contributed by atoms with Gasteiger partial charge in [-0.05, 0) is 19.8 Å². The van der Waals surface area contributed by atoms with E-state index in [1.165, 1.54) is 6.20 Å². The molecule has 1 aliphatic rings. The van der Waals surface area contributed by atoms with Crippen LogP contribution in [0, 0.1) is 35.8 Å². The van der Waals surface area contributed by atoms with E-state index in [-0.39, 0.29) is 22.4 Å². The number of aromatic nitrogens is 1. The number of hydrogen-bond acceptors (Lipinski definition) is 5. The van der Waals surface area contributed by atoms with E-state index in [4.69, 9.17) is 5.11 Å². The topological polar surface area (TPSA) is 96.6 Å². The summed E-state index contributed by atoms with van der Waals surface area (Å²) in [7, 11) is 0. The van der Waals surface area contributed by atoms with Crippen LogP contribution >= 0.6 is 0 Å². The van der Waals surface area contributed by atoms with Gasteiger partial charge in [0.05, 0.1) is 16.5 Å². The first kappa shape index (κ1) is 15.4. The first-order valence-corrected chi connectivity index (χ1v) is 6.86. The summed E-state index contributed by atoms with van der Waals surface area (Å²) in [4.78, 5) is 28.1. The number of pyridine rings is 1. The van der Waals surface area contributed by atoms with Crippen LogP contribution in [0.5, 0.6) is 0 Å². The molecular formula is C14H19N3O4. The summed E-state index contributed by atoms with van der Waals surface area (Å²) >= 11 is 0. The molecule has 0 aliphatic carbocycles. The highest BCUT2D eigenvalue weighted by atomic mass is 16.6. The van der Waals surface area contributed by atoms with Crippen molar-refractivity contribution in [3.8, 4) is 0 Å². The summed E-state index contributed by atoms with van der Waals surface area (Å²) in [5.74, 6) is -1.10. The summed E-state index contributed by atoms with van der Waals surface area (Å²) in [5, 5.41) is 20.3. The molecule has 0 aromatic carbocycles. The second-order valence-corrected chi connectivity index (χ2v) is 5.73. The number of nitrogens with zero attached hydrogens (tertiary/aromatic N) is 3. The molecule has 0 bridgehead atoms. The van der Waals surface area contributed by atoms with Crippen LogP contribution in [0.2, 0.25) is 0 Å². The largest absolute Gasteiger partial charge is 0.481 e. The molecule has 114 valence electrons. The average molecular weight is 293 g/mol. The maximum atomic E-state index is 11.1. The highest BCUT2D eigenvalue weighted by molar-refractivity contribution is 5.71. The quantitative estimate of drug-likeness (QED) is 0.671. The molecule has 1 aromatic heterocycles. The smallest absolute Gasteiger partial charge is 0.308 e. The summed E-state index contributed by atoms with van der Waals surface area (Å²) in [6.45, 7) is 6.85. The van der Waals surface area contributed by atoms with E-state index in [9.17, 15) is 14.9 Å². The maximum Gasteiger partial charge on any atom is 0.308 e. The Kier molecular flexibility index (Phi) is 4.22. The third-order valence-electron chi connectivity index (χ3n) is 4.14. The molecule has 1 fully saturated rings. The van der Waals surface area contributed by atoms with Crippen molar-refractivity contribution in [1.82, 2.24) is 9.88 Å². The third kappa shape index (κ3) is 3.02. The fourth-order valence-electron chi connectivity index (χ4n) is 2.94. The van der Waals surface area contributed by atoms with Crippen LogP contribution in [0.1, 0.15) is 23.7 Å². The van der Waals surface area contributed by atoms with Gasteiger partial charge in [-0.3, -0.25) is 24.8 Å².